The predicted octanol–water partition coefficient (Wildman–Crippen LogP) is -2.28. The van der Waals surface area contributed by atoms with E-state index in [0.29, 0.717) is 38.8 Å². The van der Waals surface area contributed by atoms with Crippen molar-refractivity contribution < 1.29 is 34.5 Å². The van der Waals surface area contributed by atoms with Gasteiger partial charge in [0.05, 0.1) is 0 Å². The summed E-state index contributed by atoms with van der Waals surface area (Å²) in [7, 11) is 0. The Balaban J connectivity index is 0. The largest absolute Gasteiger partial charge is 0.480 e. The number of nitrogens with two attached hydrogens (primary N) is 4. The third kappa shape index (κ3) is 21.8. The molecule has 0 aromatic rings. The Hall–Kier alpha value is -3.17. The summed E-state index contributed by atoms with van der Waals surface area (Å²) < 4.78 is 0. The molecule has 192 valence electrons. The molecular weight excluding hydrogens is 440 g/mol. The first kappa shape index (κ1) is 32.0. The Morgan fingerprint density at radius 1 is 0.909 bits per heavy atom. The van der Waals surface area contributed by atoms with Crippen LogP contribution in [0.2, 0.25) is 0 Å². The molecule has 1 aliphatic rings. The van der Waals surface area contributed by atoms with Crippen molar-refractivity contribution in [3.63, 3.8) is 0 Å². The van der Waals surface area contributed by atoms with Crippen molar-refractivity contribution in [3.8, 4) is 0 Å². The van der Waals surface area contributed by atoms with Crippen LogP contribution in [-0.2, 0) is 14.4 Å². The number of carboxylic acid groups (broad SMARTS) is 3. The molecule has 15 N–H and O–H groups in total. The summed E-state index contributed by atoms with van der Waals surface area (Å²) in [5, 5.41) is 39.8. The third-order valence-electron chi connectivity index (χ3n) is 4.24. The predicted molar refractivity (Wildman–Crippen MR) is 120 cm³/mol. The van der Waals surface area contributed by atoms with Gasteiger partial charge in [-0.05, 0) is 51.5 Å². The van der Waals surface area contributed by atoms with Crippen LogP contribution in [0.5, 0.6) is 0 Å². The number of carbonyl (C=O) groups is 4. The van der Waals surface area contributed by atoms with Gasteiger partial charge in [-0.15, -0.1) is 0 Å². The number of amides is 2. The molecule has 1 fully saturated rings. The number of rotatable bonds is 12. The van der Waals surface area contributed by atoms with Crippen LogP contribution in [-0.4, -0.2) is 83.0 Å². The van der Waals surface area contributed by atoms with Gasteiger partial charge in [-0.2, -0.15) is 0 Å². The number of hydrogen-bond acceptors (Lipinski definition) is 8. The maximum absolute atomic E-state index is 10.3. The van der Waals surface area contributed by atoms with E-state index in [1.165, 1.54) is 0 Å². The van der Waals surface area contributed by atoms with Crippen LogP contribution in [0, 0.1) is 5.41 Å². The fourth-order valence-electron chi connectivity index (χ4n) is 2.39. The molecule has 0 spiro atoms. The highest BCUT2D eigenvalue weighted by atomic mass is 16.4. The highest BCUT2D eigenvalue weighted by Gasteiger charge is 2.20. The maximum atomic E-state index is 10.3. The van der Waals surface area contributed by atoms with Crippen LogP contribution < -0.4 is 38.9 Å². The molecule has 0 radical (unpaired) electrons. The van der Waals surface area contributed by atoms with Crippen LogP contribution in [0.1, 0.15) is 44.9 Å². The van der Waals surface area contributed by atoms with Crippen molar-refractivity contribution in [1.82, 2.24) is 16.0 Å². The van der Waals surface area contributed by atoms with Crippen molar-refractivity contribution in [3.05, 3.63) is 0 Å². The molecule has 0 unspecified atom stereocenters. The molecule has 1 heterocycles. The maximum Gasteiger partial charge on any atom is 0.320 e. The number of guanidine groups is 1. The molecule has 0 bridgehead atoms. The first-order valence-corrected chi connectivity index (χ1v) is 10.4. The van der Waals surface area contributed by atoms with Gasteiger partial charge < -0.3 is 54.2 Å². The zero-order valence-corrected chi connectivity index (χ0v) is 18.6. The molecule has 0 aromatic heterocycles. The molecule has 1 aliphatic heterocycles. The van der Waals surface area contributed by atoms with Gasteiger partial charge in [0.1, 0.15) is 18.1 Å². The Bertz CT molecular complexity index is 615. The van der Waals surface area contributed by atoms with Crippen LogP contribution in [0.15, 0.2) is 0 Å². The molecule has 2 amide bonds. The Morgan fingerprint density at radius 3 is 1.79 bits per heavy atom. The topological polar surface area (TPSA) is 293 Å². The van der Waals surface area contributed by atoms with Crippen LogP contribution >= 0.6 is 0 Å². The van der Waals surface area contributed by atoms with Crippen molar-refractivity contribution in [2.75, 3.05) is 19.6 Å². The average molecular weight is 479 g/mol. The molecule has 0 aromatic carbocycles. The summed E-state index contributed by atoms with van der Waals surface area (Å²) in [5.74, 6) is -2.79. The van der Waals surface area contributed by atoms with E-state index in [2.05, 4.69) is 16.0 Å². The number of nitrogens with one attached hydrogen (secondary N) is 4. The number of primary amides is 1. The van der Waals surface area contributed by atoms with E-state index in [1.807, 2.05) is 0 Å². The second kappa shape index (κ2) is 19.5. The van der Waals surface area contributed by atoms with E-state index < -0.39 is 36.0 Å². The van der Waals surface area contributed by atoms with Gasteiger partial charge in [0.15, 0.2) is 5.96 Å². The Morgan fingerprint density at radius 2 is 1.42 bits per heavy atom. The van der Waals surface area contributed by atoms with E-state index in [1.54, 1.807) is 0 Å². The van der Waals surface area contributed by atoms with Gasteiger partial charge in [0.25, 0.3) is 0 Å². The van der Waals surface area contributed by atoms with E-state index in [-0.39, 0.29) is 12.0 Å². The molecule has 0 saturated carbocycles. The second-order valence-corrected chi connectivity index (χ2v) is 7.15. The number of hydrogen-bond donors (Lipinski definition) is 11. The summed E-state index contributed by atoms with van der Waals surface area (Å²) in [6, 6.07) is -2.52. The van der Waals surface area contributed by atoms with E-state index in [4.69, 9.17) is 43.7 Å². The molecule has 1 rings (SSSR count). The first-order valence-electron chi connectivity index (χ1n) is 10.4. The molecule has 1 saturated heterocycles. The molecule has 15 nitrogen and oxygen atoms in total. The summed E-state index contributed by atoms with van der Waals surface area (Å²) in [4.78, 5) is 40.7. The van der Waals surface area contributed by atoms with E-state index >= 15 is 0 Å². The third-order valence-corrected chi connectivity index (χ3v) is 4.24. The first-order chi connectivity index (χ1) is 15.4. The minimum atomic E-state index is -1.03. The van der Waals surface area contributed by atoms with Gasteiger partial charge in [-0.25, -0.2) is 4.79 Å². The average Bonchev–Trinajstić information content (AvgIpc) is 3.26. The monoisotopic (exact) mass is 478 g/mol. The summed E-state index contributed by atoms with van der Waals surface area (Å²) >= 11 is 0. The molecule has 15 heteroatoms. The lowest BCUT2D eigenvalue weighted by Crippen LogP contribution is -2.33. The summed E-state index contributed by atoms with van der Waals surface area (Å²) in [6.07, 6.45) is 4.56. The molecule has 33 heavy (non-hydrogen) atoms. The van der Waals surface area contributed by atoms with Crippen molar-refractivity contribution in [1.29, 1.82) is 5.41 Å². The summed E-state index contributed by atoms with van der Waals surface area (Å²) in [5.41, 5.74) is 20.3. The fraction of sp³-hybridized carbons (Fsp3) is 0.722. The number of carboxylic acids is 3. The number of urea groups is 1. The highest BCUT2D eigenvalue weighted by molar-refractivity contribution is 5.74. The zero-order chi connectivity index (χ0) is 25.8. The lowest BCUT2D eigenvalue weighted by atomic mass is 10.1. The second-order valence-electron chi connectivity index (χ2n) is 7.15. The Labute approximate surface area is 192 Å². The fourth-order valence-corrected chi connectivity index (χ4v) is 2.39. The van der Waals surface area contributed by atoms with Gasteiger partial charge in [-0.3, -0.25) is 19.8 Å². The number of aliphatic carboxylic acids is 3. The van der Waals surface area contributed by atoms with Gasteiger partial charge in [0.2, 0.25) is 0 Å². The van der Waals surface area contributed by atoms with E-state index in [9.17, 15) is 19.2 Å². The quantitative estimate of drug-likeness (QED) is 0.0803. The smallest absolute Gasteiger partial charge is 0.320 e. The van der Waals surface area contributed by atoms with Crippen molar-refractivity contribution in [2.24, 2.45) is 22.9 Å². The Kier molecular flexibility index (Phi) is 18.9. The lowest BCUT2D eigenvalue weighted by molar-refractivity contribution is -0.139. The van der Waals surface area contributed by atoms with Crippen molar-refractivity contribution in [2.45, 2.75) is 63.1 Å². The van der Waals surface area contributed by atoms with Gasteiger partial charge in [-0.1, -0.05) is 0 Å². The molecule has 3 atom stereocenters. The number of carbonyl (C=O) groups excluding carboxylic acids is 1. The van der Waals surface area contributed by atoms with E-state index in [0.717, 1.165) is 25.8 Å². The van der Waals surface area contributed by atoms with Crippen LogP contribution in [0.4, 0.5) is 4.79 Å². The van der Waals surface area contributed by atoms with Crippen molar-refractivity contribution >= 4 is 29.9 Å². The van der Waals surface area contributed by atoms with Gasteiger partial charge >= 0.3 is 23.9 Å². The SMILES string of the molecule is N=C(N)NCCCC[C@H](N)C(=O)O.NC(=O)NCCC[C@H](N)C(=O)O.O=C(O)[C@@H]1CCCN1. The standard InChI is InChI=1S/C7H16N4O2.C6H13N3O3.C5H9NO2/c8-5(6(12)13)3-1-2-4-11-7(9)10;7-4(5(10)11)2-1-3-9-6(8)12;7-5(8)4-2-1-3-6-4/h5H,1-4,8H2,(H,12,13)(H4,9,10,11);4H,1-3,7H2,(H,10,11)(H3,8,9,12);4,6H,1-3H2,(H,7,8)/t5-;2*4-/m000/s1. The minimum Gasteiger partial charge on any atom is -0.480 e. The normalized spacial score (nSPS) is 16.0. The van der Waals surface area contributed by atoms with Crippen LogP contribution in [0.25, 0.3) is 0 Å². The molecular formula is C18H38N8O7. The van der Waals surface area contributed by atoms with Crippen LogP contribution in [0.3, 0.4) is 0 Å². The minimum absolute atomic E-state index is 0.0671. The lowest BCUT2D eigenvalue weighted by Gasteiger charge is -2.06. The van der Waals surface area contributed by atoms with Gasteiger partial charge in [0, 0.05) is 13.1 Å². The molecule has 0 aliphatic carbocycles. The number of unbranched alkanes of at least 4 members (excludes halogenated alkanes) is 1. The summed E-state index contributed by atoms with van der Waals surface area (Å²) in [6.45, 7) is 1.80. The highest BCUT2D eigenvalue weighted by Crippen LogP contribution is 2.03. The zero-order valence-electron chi connectivity index (χ0n) is 18.6.